The number of benzene rings is 3. The standard InChI is InChI=1S/C39H43BrN9O5P/c1-24-21-31(45-39-43-23-28(40)37(47-39)44-30-11-10-29-35(42-14-13-41-29)36(30)55(3,4)52)33(53-2)22-32(24)49-17-15-48(16-18-49)19-20-54-26-7-5-25(6-8-26)27-9-12-34(50)46-38(27)51/h5-8,10-11,13-14,21-23,27H,9,12,15-20H2,1-4H3,(H,46,50,51)(H2,43,44,45,47). The molecule has 286 valence electrons. The number of imide groups is 1. The predicted octanol–water partition coefficient (Wildman–Crippen LogP) is 5.96. The summed E-state index contributed by atoms with van der Waals surface area (Å²) in [6.45, 7) is 10.3. The quantitative estimate of drug-likeness (QED) is 0.0999. The van der Waals surface area contributed by atoms with Crippen molar-refractivity contribution in [2.24, 2.45) is 0 Å². The van der Waals surface area contributed by atoms with Crippen molar-refractivity contribution in [3.63, 3.8) is 0 Å². The summed E-state index contributed by atoms with van der Waals surface area (Å²) in [6, 6.07) is 15.4. The predicted molar refractivity (Wildman–Crippen MR) is 218 cm³/mol. The number of carbonyl (C=O) groups is 2. The van der Waals surface area contributed by atoms with Gasteiger partial charge in [0, 0.05) is 69.5 Å². The first kappa shape index (κ1) is 38.2. The third-order valence-electron chi connectivity index (χ3n) is 9.82. The van der Waals surface area contributed by atoms with Crippen LogP contribution in [0.4, 0.5) is 28.8 Å². The number of amides is 2. The van der Waals surface area contributed by atoms with Crippen molar-refractivity contribution in [1.29, 1.82) is 0 Å². The van der Waals surface area contributed by atoms with Crippen LogP contribution in [0.15, 0.2) is 71.6 Å². The van der Waals surface area contributed by atoms with Gasteiger partial charge in [-0.3, -0.25) is 29.8 Å². The highest BCUT2D eigenvalue weighted by Gasteiger charge is 2.28. The second kappa shape index (κ2) is 16.3. The van der Waals surface area contributed by atoms with Crippen LogP contribution < -0.4 is 35.6 Å². The summed E-state index contributed by atoms with van der Waals surface area (Å²) in [6.07, 6.45) is 5.77. The lowest BCUT2D eigenvalue weighted by atomic mass is 9.90. The number of nitrogens with one attached hydrogen (secondary N) is 3. The number of carbonyl (C=O) groups excluding carboxylic acids is 2. The van der Waals surface area contributed by atoms with Gasteiger partial charge in [0.15, 0.2) is 0 Å². The van der Waals surface area contributed by atoms with Crippen molar-refractivity contribution < 1.29 is 23.6 Å². The molecule has 1 unspecified atom stereocenters. The molecule has 2 aliphatic heterocycles. The van der Waals surface area contributed by atoms with E-state index in [1.165, 1.54) is 0 Å². The second-order valence-corrected chi connectivity index (χ2v) is 18.0. The zero-order valence-electron chi connectivity index (χ0n) is 31.1. The molecule has 2 saturated heterocycles. The molecule has 2 fully saturated rings. The smallest absolute Gasteiger partial charge is 0.234 e. The van der Waals surface area contributed by atoms with Crippen LogP contribution in [0.1, 0.15) is 29.9 Å². The Morgan fingerprint density at radius 1 is 0.964 bits per heavy atom. The Morgan fingerprint density at radius 3 is 2.45 bits per heavy atom. The third kappa shape index (κ3) is 8.74. The normalized spacial score (nSPS) is 16.5. The molecule has 2 aromatic heterocycles. The third-order valence-corrected chi connectivity index (χ3v) is 11.9. The van der Waals surface area contributed by atoms with E-state index in [0.29, 0.717) is 63.5 Å². The molecule has 0 bridgehead atoms. The van der Waals surface area contributed by atoms with Crippen LogP contribution in [-0.4, -0.2) is 96.4 Å². The number of piperazine rings is 1. The average molecular weight is 829 g/mol. The lowest BCUT2D eigenvalue weighted by molar-refractivity contribution is -0.134. The van der Waals surface area contributed by atoms with Crippen LogP contribution in [0.25, 0.3) is 11.0 Å². The number of anilines is 5. The minimum absolute atomic E-state index is 0.211. The minimum atomic E-state index is -2.77. The number of rotatable bonds is 12. The summed E-state index contributed by atoms with van der Waals surface area (Å²) < 4.78 is 25.9. The van der Waals surface area contributed by atoms with Gasteiger partial charge in [-0.25, -0.2) is 4.98 Å². The molecule has 16 heteroatoms. The van der Waals surface area contributed by atoms with Crippen LogP contribution >= 0.6 is 23.1 Å². The van der Waals surface area contributed by atoms with E-state index >= 15 is 0 Å². The fraction of sp³-hybridized carbons (Fsp3) is 0.333. The van der Waals surface area contributed by atoms with Crippen molar-refractivity contribution >= 4 is 80.1 Å². The first-order valence-corrected chi connectivity index (χ1v) is 21.4. The molecule has 0 saturated carbocycles. The molecule has 4 heterocycles. The Balaban J connectivity index is 0.963. The molecule has 7 rings (SSSR count). The highest BCUT2D eigenvalue weighted by molar-refractivity contribution is 9.10. The van der Waals surface area contributed by atoms with Crippen molar-refractivity contribution in [2.75, 3.05) is 75.3 Å². The molecule has 3 aromatic carbocycles. The van der Waals surface area contributed by atoms with Gasteiger partial charge in [0.25, 0.3) is 0 Å². The van der Waals surface area contributed by atoms with Gasteiger partial charge in [-0.1, -0.05) is 12.1 Å². The zero-order valence-corrected chi connectivity index (χ0v) is 33.6. The van der Waals surface area contributed by atoms with Crippen LogP contribution in [-0.2, 0) is 14.2 Å². The van der Waals surface area contributed by atoms with Gasteiger partial charge in [0.1, 0.15) is 36.6 Å². The largest absolute Gasteiger partial charge is 0.494 e. The van der Waals surface area contributed by atoms with E-state index in [1.807, 2.05) is 42.5 Å². The Bertz CT molecular complexity index is 2280. The van der Waals surface area contributed by atoms with Crippen LogP contribution in [0, 0.1) is 6.92 Å². The SMILES string of the molecule is COc1cc(N2CCN(CCOc3ccc(C4CCC(=O)NC4=O)cc3)CC2)c(C)cc1Nc1ncc(Br)c(Nc2ccc3nccnc3c2P(C)(C)=O)n1. The number of aryl methyl sites for hydroxylation is 1. The molecule has 2 amide bonds. The van der Waals surface area contributed by atoms with E-state index in [9.17, 15) is 14.2 Å². The summed E-state index contributed by atoms with van der Waals surface area (Å²) in [7, 11) is -1.12. The summed E-state index contributed by atoms with van der Waals surface area (Å²) in [4.78, 5) is 46.6. The van der Waals surface area contributed by atoms with Gasteiger partial charge in [-0.05, 0) is 84.1 Å². The monoisotopic (exact) mass is 827 g/mol. The number of ether oxygens (including phenoxy) is 2. The molecule has 5 aromatic rings. The van der Waals surface area contributed by atoms with E-state index in [-0.39, 0.29) is 17.7 Å². The summed E-state index contributed by atoms with van der Waals surface area (Å²) >= 11 is 3.57. The van der Waals surface area contributed by atoms with E-state index in [0.717, 1.165) is 61.0 Å². The molecule has 0 aliphatic carbocycles. The molecule has 0 radical (unpaired) electrons. The zero-order chi connectivity index (χ0) is 38.7. The highest BCUT2D eigenvalue weighted by atomic mass is 79.9. The fourth-order valence-electron chi connectivity index (χ4n) is 7.03. The van der Waals surface area contributed by atoms with E-state index in [1.54, 1.807) is 39.0 Å². The lowest BCUT2D eigenvalue weighted by Crippen LogP contribution is -2.47. The summed E-state index contributed by atoms with van der Waals surface area (Å²) in [5.41, 5.74) is 5.70. The van der Waals surface area contributed by atoms with Gasteiger partial charge in [0.05, 0.1) is 39.7 Å². The topological polar surface area (TPSA) is 164 Å². The molecular formula is C39H43BrN9O5P. The molecule has 1 atom stereocenters. The fourth-order valence-corrected chi connectivity index (χ4v) is 8.71. The molecule has 0 spiro atoms. The van der Waals surface area contributed by atoms with E-state index in [4.69, 9.17) is 14.5 Å². The number of hydrogen-bond donors (Lipinski definition) is 3. The Labute approximate surface area is 328 Å². The number of methoxy groups -OCH3 is 1. The summed E-state index contributed by atoms with van der Waals surface area (Å²) in [5.74, 6) is 1.52. The highest BCUT2D eigenvalue weighted by Crippen LogP contribution is 2.41. The van der Waals surface area contributed by atoms with Gasteiger partial charge >= 0.3 is 0 Å². The van der Waals surface area contributed by atoms with Crippen molar-refractivity contribution in [3.8, 4) is 11.5 Å². The second-order valence-electron chi connectivity index (χ2n) is 14.0. The van der Waals surface area contributed by atoms with Gasteiger partial charge < -0.3 is 29.6 Å². The molecule has 14 nitrogen and oxygen atoms in total. The first-order chi connectivity index (χ1) is 26.5. The molecule has 3 N–H and O–H groups in total. The molecular weight excluding hydrogens is 785 g/mol. The first-order valence-electron chi connectivity index (χ1n) is 18.0. The van der Waals surface area contributed by atoms with Gasteiger partial charge in [0.2, 0.25) is 17.8 Å². The Kier molecular flexibility index (Phi) is 11.3. The van der Waals surface area contributed by atoms with Crippen molar-refractivity contribution in [3.05, 3.63) is 82.7 Å². The molecule has 55 heavy (non-hydrogen) atoms. The van der Waals surface area contributed by atoms with Gasteiger partial charge in [-0.2, -0.15) is 4.98 Å². The number of piperidine rings is 1. The van der Waals surface area contributed by atoms with Crippen molar-refractivity contribution in [1.82, 2.24) is 30.2 Å². The lowest BCUT2D eigenvalue weighted by Gasteiger charge is -2.37. The Hall–Kier alpha value is -5.11. The number of halogens is 1. The van der Waals surface area contributed by atoms with E-state index < -0.39 is 7.14 Å². The maximum absolute atomic E-state index is 13.4. The van der Waals surface area contributed by atoms with Gasteiger partial charge in [-0.15, -0.1) is 0 Å². The minimum Gasteiger partial charge on any atom is -0.494 e. The number of fused-ring (bicyclic) bond motifs is 1. The van der Waals surface area contributed by atoms with Crippen LogP contribution in [0.3, 0.4) is 0 Å². The van der Waals surface area contributed by atoms with Crippen molar-refractivity contribution in [2.45, 2.75) is 25.7 Å². The van der Waals surface area contributed by atoms with Crippen LogP contribution in [0.2, 0.25) is 0 Å². The average Bonchev–Trinajstić information content (AvgIpc) is 3.16. The number of hydrogen-bond acceptors (Lipinski definition) is 13. The summed E-state index contributed by atoms with van der Waals surface area (Å²) in [5, 5.41) is 9.71. The molecule has 2 aliphatic rings. The number of nitrogens with zero attached hydrogens (tertiary/aromatic N) is 6. The van der Waals surface area contributed by atoms with Crippen LogP contribution in [0.5, 0.6) is 11.5 Å². The number of aromatic nitrogens is 4. The van der Waals surface area contributed by atoms with E-state index in [2.05, 4.69) is 69.6 Å². The maximum Gasteiger partial charge on any atom is 0.234 e. The Morgan fingerprint density at radius 2 is 1.73 bits per heavy atom. The maximum atomic E-state index is 13.4.